The SMILES string of the molecule is C=C(CCC(=O)N(O)CCCCCNC(=O)C(=O)O)NCN(O)C(=O)CCC(=O)NCN(O)C(C)=O. The molecule has 0 saturated carbocycles. The van der Waals surface area contributed by atoms with Gasteiger partial charge in [0.15, 0.2) is 0 Å². The maximum Gasteiger partial charge on any atom is 0.394 e. The third-order valence-electron chi connectivity index (χ3n) is 4.58. The molecule has 0 saturated heterocycles. The number of hydroxylamine groups is 6. The van der Waals surface area contributed by atoms with Gasteiger partial charge in [-0.1, -0.05) is 6.58 Å². The molecule has 5 amide bonds. The van der Waals surface area contributed by atoms with Gasteiger partial charge in [0.25, 0.3) is 0 Å². The summed E-state index contributed by atoms with van der Waals surface area (Å²) in [5.74, 6) is -5.32. The Bertz CT molecular complexity index is 806. The summed E-state index contributed by atoms with van der Waals surface area (Å²) < 4.78 is 0. The topological polar surface area (TPSA) is 229 Å². The zero-order valence-electron chi connectivity index (χ0n) is 20.1. The van der Waals surface area contributed by atoms with Gasteiger partial charge in [-0.2, -0.15) is 0 Å². The van der Waals surface area contributed by atoms with Crippen molar-refractivity contribution in [3.63, 3.8) is 0 Å². The molecule has 0 fully saturated rings. The van der Waals surface area contributed by atoms with E-state index in [0.29, 0.717) is 35.1 Å². The quantitative estimate of drug-likeness (QED) is 0.0394. The molecule has 7 N–H and O–H groups in total. The lowest BCUT2D eigenvalue weighted by atomic mass is 10.2. The number of carboxylic acids is 1. The van der Waals surface area contributed by atoms with Crippen molar-refractivity contribution in [2.45, 2.75) is 51.9 Å². The Morgan fingerprint density at radius 1 is 0.722 bits per heavy atom. The van der Waals surface area contributed by atoms with Crippen molar-refractivity contribution < 1.29 is 49.5 Å². The highest BCUT2D eigenvalue weighted by Crippen LogP contribution is 2.04. The number of nitrogens with one attached hydrogen (secondary N) is 3. The standard InChI is InChI=1S/C20H34N6O10/c1-14(6-8-17(29)24(34)11-5-3-4-10-21-19(31)20(32)33)22-12-26(36)18(30)9-7-16(28)23-13-25(35)15(2)27/h22,34-36H,1,3-13H2,2H3,(H,21,31)(H,23,28)(H,32,33). The Balaban J connectivity index is 4.01. The van der Waals surface area contributed by atoms with Gasteiger partial charge >= 0.3 is 11.9 Å². The molecule has 16 heteroatoms. The maximum absolute atomic E-state index is 12.0. The van der Waals surface area contributed by atoms with E-state index in [0.717, 1.165) is 6.92 Å². The molecule has 0 spiro atoms. The zero-order valence-corrected chi connectivity index (χ0v) is 20.1. The van der Waals surface area contributed by atoms with E-state index in [4.69, 9.17) is 10.3 Å². The normalized spacial score (nSPS) is 10.1. The van der Waals surface area contributed by atoms with Crippen LogP contribution in [0.3, 0.4) is 0 Å². The fraction of sp³-hybridized carbons (Fsp3) is 0.600. The van der Waals surface area contributed by atoms with Crippen LogP contribution in [0.4, 0.5) is 0 Å². The van der Waals surface area contributed by atoms with Crippen LogP contribution in [-0.2, 0) is 28.8 Å². The fourth-order valence-corrected chi connectivity index (χ4v) is 2.43. The number of amides is 5. The fourth-order valence-electron chi connectivity index (χ4n) is 2.43. The van der Waals surface area contributed by atoms with Crippen LogP contribution >= 0.6 is 0 Å². The Kier molecular flexibility index (Phi) is 15.8. The molecule has 0 aromatic carbocycles. The van der Waals surface area contributed by atoms with Crippen LogP contribution in [-0.4, -0.2) is 97.9 Å². The predicted molar refractivity (Wildman–Crippen MR) is 120 cm³/mol. The number of hydrogen-bond donors (Lipinski definition) is 7. The minimum absolute atomic E-state index is 0.0448. The molecular formula is C20H34N6O10. The minimum Gasteiger partial charge on any atom is -0.474 e. The average Bonchev–Trinajstić information content (AvgIpc) is 2.83. The van der Waals surface area contributed by atoms with Crippen molar-refractivity contribution in [1.29, 1.82) is 0 Å². The van der Waals surface area contributed by atoms with Crippen molar-refractivity contribution in [1.82, 2.24) is 31.1 Å². The van der Waals surface area contributed by atoms with E-state index >= 15 is 0 Å². The highest BCUT2D eigenvalue weighted by Gasteiger charge is 2.15. The van der Waals surface area contributed by atoms with E-state index in [-0.39, 0.29) is 50.5 Å². The summed E-state index contributed by atoms with van der Waals surface area (Å²) >= 11 is 0. The van der Waals surface area contributed by atoms with E-state index < -0.39 is 42.2 Å². The summed E-state index contributed by atoms with van der Waals surface area (Å²) in [4.78, 5) is 67.4. The lowest BCUT2D eigenvalue weighted by molar-refractivity contribution is -0.168. The summed E-state index contributed by atoms with van der Waals surface area (Å²) in [6.45, 7) is 4.17. The van der Waals surface area contributed by atoms with E-state index in [1.165, 1.54) is 0 Å². The third-order valence-corrected chi connectivity index (χ3v) is 4.58. The average molecular weight is 519 g/mol. The highest BCUT2D eigenvalue weighted by molar-refractivity contribution is 6.31. The molecule has 36 heavy (non-hydrogen) atoms. The molecule has 0 unspecified atom stereocenters. The number of carboxylic acid groups (broad SMARTS) is 1. The van der Waals surface area contributed by atoms with E-state index in [2.05, 4.69) is 22.5 Å². The van der Waals surface area contributed by atoms with Crippen LogP contribution in [0.25, 0.3) is 0 Å². The van der Waals surface area contributed by atoms with Crippen LogP contribution in [0.5, 0.6) is 0 Å². The van der Waals surface area contributed by atoms with Gasteiger partial charge in [-0.25, -0.2) is 20.0 Å². The first-order chi connectivity index (χ1) is 16.8. The summed E-state index contributed by atoms with van der Waals surface area (Å²) in [6.07, 6.45) is 0.821. The number of aliphatic carboxylic acids is 1. The van der Waals surface area contributed by atoms with Crippen LogP contribution in [0, 0.1) is 0 Å². The molecule has 0 heterocycles. The number of unbranched alkanes of at least 4 members (excludes halogenated alkanes) is 2. The minimum atomic E-state index is -1.57. The van der Waals surface area contributed by atoms with Crippen molar-refractivity contribution in [2.75, 3.05) is 26.4 Å². The number of rotatable bonds is 17. The molecule has 0 aromatic rings. The van der Waals surface area contributed by atoms with Crippen LogP contribution < -0.4 is 16.0 Å². The van der Waals surface area contributed by atoms with Crippen molar-refractivity contribution in [3.05, 3.63) is 12.3 Å². The monoisotopic (exact) mass is 518 g/mol. The molecule has 0 aliphatic rings. The van der Waals surface area contributed by atoms with Crippen molar-refractivity contribution in [2.24, 2.45) is 0 Å². The Morgan fingerprint density at radius 2 is 1.31 bits per heavy atom. The molecule has 0 atom stereocenters. The number of hydrogen-bond acceptors (Lipinski definition) is 10. The van der Waals surface area contributed by atoms with E-state index in [1.807, 2.05) is 0 Å². The van der Waals surface area contributed by atoms with Gasteiger partial charge in [0, 0.05) is 45.0 Å². The number of carbonyl (C=O) groups is 6. The third kappa shape index (κ3) is 15.2. The van der Waals surface area contributed by atoms with Crippen LogP contribution in [0.1, 0.15) is 51.9 Å². The molecule has 0 aliphatic carbocycles. The molecule has 0 bridgehead atoms. The molecule has 0 rings (SSSR count). The molecule has 0 aliphatic heterocycles. The van der Waals surface area contributed by atoms with Gasteiger partial charge in [-0.05, 0) is 25.7 Å². The lowest BCUT2D eigenvalue weighted by Crippen LogP contribution is -2.39. The first-order valence-corrected chi connectivity index (χ1v) is 11.0. The Morgan fingerprint density at radius 3 is 1.92 bits per heavy atom. The van der Waals surface area contributed by atoms with E-state index in [9.17, 15) is 39.2 Å². The van der Waals surface area contributed by atoms with Gasteiger partial charge in [0.05, 0.1) is 0 Å². The second-order valence-corrected chi connectivity index (χ2v) is 7.55. The molecule has 0 aromatic heterocycles. The largest absolute Gasteiger partial charge is 0.474 e. The van der Waals surface area contributed by atoms with Crippen molar-refractivity contribution in [3.8, 4) is 0 Å². The van der Waals surface area contributed by atoms with Crippen molar-refractivity contribution >= 4 is 35.5 Å². The molecular weight excluding hydrogens is 484 g/mol. The number of nitrogens with zero attached hydrogens (tertiary/aromatic N) is 3. The zero-order chi connectivity index (χ0) is 27.7. The van der Waals surface area contributed by atoms with Gasteiger partial charge in [0.1, 0.15) is 13.3 Å². The molecule has 0 radical (unpaired) electrons. The van der Waals surface area contributed by atoms with E-state index in [1.54, 1.807) is 0 Å². The van der Waals surface area contributed by atoms with Crippen LogP contribution in [0.2, 0.25) is 0 Å². The lowest BCUT2D eigenvalue weighted by Gasteiger charge is -2.19. The first kappa shape index (κ1) is 32.2. The van der Waals surface area contributed by atoms with Gasteiger partial charge in [0.2, 0.25) is 23.6 Å². The maximum atomic E-state index is 12.0. The summed E-state index contributed by atoms with van der Waals surface area (Å²) in [5, 5.41) is 45.3. The molecule has 204 valence electrons. The Hall–Kier alpha value is -3.76. The summed E-state index contributed by atoms with van der Waals surface area (Å²) in [7, 11) is 0. The summed E-state index contributed by atoms with van der Waals surface area (Å²) in [5.41, 5.74) is 0.308. The smallest absolute Gasteiger partial charge is 0.394 e. The summed E-state index contributed by atoms with van der Waals surface area (Å²) in [6, 6.07) is 0. The second-order valence-electron chi connectivity index (χ2n) is 7.55. The predicted octanol–water partition coefficient (Wildman–Crippen LogP) is -1.27. The van der Waals surface area contributed by atoms with Gasteiger partial charge in [-0.15, -0.1) is 0 Å². The number of carbonyl (C=O) groups excluding carboxylic acids is 5. The van der Waals surface area contributed by atoms with Crippen LogP contribution in [0.15, 0.2) is 12.3 Å². The van der Waals surface area contributed by atoms with Gasteiger partial charge in [-0.3, -0.25) is 39.6 Å². The second kappa shape index (κ2) is 17.6. The highest BCUT2D eigenvalue weighted by atomic mass is 16.5. The Labute approximate surface area is 207 Å². The number of allylic oxidation sites excluding steroid dienone is 1. The van der Waals surface area contributed by atoms with Gasteiger partial charge < -0.3 is 21.1 Å². The first-order valence-electron chi connectivity index (χ1n) is 11.0. The molecule has 16 nitrogen and oxygen atoms in total.